The Labute approximate surface area is 117 Å². The molecule has 0 spiro atoms. The molecular weight excluding hydrogens is 268 g/mol. The Hall–Kier alpha value is -0.950. The summed E-state index contributed by atoms with van der Waals surface area (Å²) < 4.78 is 0. The summed E-state index contributed by atoms with van der Waals surface area (Å²) in [5.41, 5.74) is 0. The highest BCUT2D eigenvalue weighted by molar-refractivity contribution is 7.99. The zero-order valence-electron chi connectivity index (χ0n) is 11.1. The van der Waals surface area contributed by atoms with Crippen molar-refractivity contribution in [2.24, 2.45) is 0 Å². The number of aliphatic hydroxyl groups is 1. The van der Waals surface area contributed by atoms with E-state index in [4.69, 9.17) is 10.2 Å². The lowest BCUT2D eigenvalue weighted by molar-refractivity contribution is -0.139. The average molecular weight is 290 g/mol. The summed E-state index contributed by atoms with van der Waals surface area (Å²) >= 11 is 1.85. The second-order valence-corrected chi connectivity index (χ2v) is 5.87. The predicted molar refractivity (Wildman–Crippen MR) is 74.4 cm³/mol. The van der Waals surface area contributed by atoms with Gasteiger partial charge in [0.1, 0.15) is 6.04 Å². The summed E-state index contributed by atoms with van der Waals surface area (Å²) in [6.07, 6.45) is 6.11. The van der Waals surface area contributed by atoms with Gasteiger partial charge >= 0.3 is 12.0 Å². The standard InChI is InChI=1S/C12H22N2O4S/c1-19-9-4-2-8(3-5-9)13-12(18)14-10(6-7-15)11(16)17/h8-10,15H,2-7H2,1H3,(H,16,17)(H2,13,14,18). The van der Waals surface area contributed by atoms with E-state index in [2.05, 4.69) is 16.9 Å². The van der Waals surface area contributed by atoms with Crippen molar-refractivity contribution in [2.75, 3.05) is 12.9 Å². The molecule has 1 aliphatic rings. The van der Waals surface area contributed by atoms with Gasteiger partial charge in [0.25, 0.3) is 0 Å². The summed E-state index contributed by atoms with van der Waals surface area (Å²) in [7, 11) is 0. The minimum Gasteiger partial charge on any atom is -0.480 e. The van der Waals surface area contributed by atoms with Crippen LogP contribution in [0.25, 0.3) is 0 Å². The van der Waals surface area contributed by atoms with Gasteiger partial charge in [0.05, 0.1) is 0 Å². The SMILES string of the molecule is CSC1CCC(NC(=O)NC(CCO)C(=O)O)CC1. The molecule has 19 heavy (non-hydrogen) atoms. The predicted octanol–water partition coefficient (Wildman–Crippen LogP) is 0.795. The fourth-order valence-electron chi connectivity index (χ4n) is 2.21. The van der Waals surface area contributed by atoms with Gasteiger partial charge in [-0.3, -0.25) is 0 Å². The lowest BCUT2D eigenvalue weighted by atomic mass is 9.95. The number of nitrogens with one attached hydrogen (secondary N) is 2. The van der Waals surface area contributed by atoms with Gasteiger partial charge in [0.15, 0.2) is 0 Å². The maximum atomic E-state index is 11.7. The van der Waals surface area contributed by atoms with Crippen molar-refractivity contribution in [3.8, 4) is 0 Å². The number of urea groups is 1. The molecular formula is C12H22N2O4S. The molecule has 1 unspecified atom stereocenters. The maximum Gasteiger partial charge on any atom is 0.326 e. The lowest BCUT2D eigenvalue weighted by Gasteiger charge is -2.28. The van der Waals surface area contributed by atoms with E-state index < -0.39 is 18.0 Å². The number of rotatable bonds is 6. The zero-order chi connectivity index (χ0) is 14.3. The molecule has 1 saturated carbocycles. The molecule has 110 valence electrons. The van der Waals surface area contributed by atoms with Crippen LogP contribution in [0.5, 0.6) is 0 Å². The number of amides is 2. The molecule has 0 radical (unpaired) electrons. The van der Waals surface area contributed by atoms with Gasteiger partial charge in [-0.15, -0.1) is 0 Å². The highest BCUT2D eigenvalue weighted by Gasteiger charge is 2.24. The Kier molecular flexibility index (Phi) is 7.01. The van der Waals surface area contributed by atoms with Crippen molar-refractivity contribution < 1.29 is 19.8 Å². The fraction of sp³-hybridized carbons (Fsp3) is 0.833. The van der Waals surface area contributed by atoms with Crippen LogP contribution in [-0.2, 0) is 4.79 Å². The third kappa shape index (κ3) is 5.69. The number of thioether (sulfide) groups is 1. The molecule has 6 nitrogen and oxygen atoms in total. The molecule has 4 N–H and O–H groups in total. The Morgan fingerprint density at radius 2 is 1.95 bits per heavy atom. The van der Waals surface area contributed by atoms with Crippen LogP contribution < -0.4 is 10.6 Å². The topological polar surface area (TPSA) is 98.7 Å². The van der Waals surface area contributed by atoms with Crippen molar-refractivity contribution in [2.45, 2.75) is 49.4 Å². The summed E-state index contributed by atoms with van der Waals surface area (Å²) in [6, 6.07) is -1.38. The monoisotopic (exact) mass is 290 g/mol. The van der Waals surface area contributed by atoms with E-state index >= 15 is 0 Å². The summed E-state index contributed by atoms with van der Waals surface area (Å²) in [6.45, 7) is -0.268. The molecule has 1 atom stereocenters. The molecule has 1 aliphatic carbocycles. The van der Waals surface area contributed by atoms with Crippen LogP contribution in [0.15, 0.2) is 0 Å². The van der Waals surface area contributed by atoms with E-state index in [9.17, 15) is 9.59 Å². The van der Waals surface area contributed by atoms with Crippen molar-refractivity contribution >= 4 is 23.8 Å². The van der Waals surface area contributed by atoms with Crippen LogP contribution in [-0.4, -0.2) is 52.4 Å². The highest BCUT2D eigenvalue weighted by atomic mass is 32.2. The number of hydrogen-bond acceptors (Lipinski definition) is 4. The van der Waals surface area contributed by atoms with E-state index in [-0.39, 0.29) is 19.1 Å². The van der Waals surface area contributed by atoms with Gasteiger partial charge in [0, 0.05) is 24.3 Å². The quantitative estimate of drug-likeness (QED) is 0.580. The molecule has 0 heterocycles. The fourth-order valence-corrected chi connectivity index (χ4v) is 2.96. The van der Waals surface area contributed by atoms with Crippen LogP contribution in [0, 0.1) is 0 Å². The second-order valence-electron chi connectivity index (χ2n) is 4.73. The van der Waals surface area contributed by atoms with Crippen LogP contribution in [0.2, 0.25) is 0 Å². The van der Waals surface area contributed by atoms with E-state index in [1.165, 1.54) is 0 Å². The van der Waals surface area contributed by atoms with Crippen LogP contribution >= 0.6 is 11.8 Å². The third-order valence-electron chi connectivity index (χ3n) is 3.36. The van der Waals surface area contributed by atoms with Crippen LogP contribution in [0.3, 0.4) is 0 Å². The summed E-state index contributed by atoms with van der Waals surface area (Å²) in [5.74, 6) is -1.13. The Morgan fingerprint density at radius 1 is 1.32 bits per heavy atom. The summed E-state index contributed by atoms with van der Waals surface area (Å²) in [4.78, 5) is 22.5. The number of hydrogen-bond donors (Lipinski definition) is 4. The van der Waals surface area contributed by atoms with Crippen molar-refractivity contribution in [1.82, 2.24) is 10.6 Å². The third-order valence-corrected chi connectivity index (χ3v) is 4.50. The smallest absolute Gasteiger partial charge is 0.326 e. The second kappa shape index (κ2) is 8.27. The minimum absolute atomic E-state index is 0.0158. The first-order valence-electron chi connectivity index (χ1n) is 6.50. The zero-order valence-corrected chi connectivity index (χ0v) is 11.9. The minimum atomic E-state index is -1.13. The molecule has 1 fully saturated rings. The van der Waals surface area contributed by atoms with Gasteiger partial charge in [0.2, 0.25) is 0 Å². The first-order chi connectivity index (χ1) is 9.06. The molecule has 1 rings (SSSR count). The van der Waals surface area contributed by atoms with Gasteiger partial charge in [-0.1, -0.05) is 0 Å². The first kappa shape index (κ1) is 16.1. The maximum absolute atomic E-state index is 11.7. The molecule has 0 aromatic carbocycles. The molecule has 7 heteroatoms. The van der Waals surface area contributed by atoms with Gasteiger partial charge in [-0.2, -0.15) is 11.8 Å². The van der Waals surface area contributed by atoms with Crippen LogP contribution in [0.4, 0.5) is 4.79 Å². The van der Waals surface area contributed by atoms with E-state index in [1.54, 1.807) is 0 Å². The molecule has 0 aliphatic heterocycles. The molecule has 0 aromatic rings. The number of aliphatic hydroxyl groups excluding tert-OH is 1. The Morgan fingerprint density at radius 3 is 2.42 bits per heavy atom. The molecule has 2 amide bonds. The molecule has 0 saturated heterocycles. The number of carboxylic acid groups (broad SMARTS) is 1. The molecule has 0 bridgehead atoms. The Bertz CT molecular complexity index is 306. The van der Waals surface area contributed by atoms with Crippen molar-refractivity contribution in [3.05, 3.63) is 0 Å². The average Bonchev–Trinajstić information content (AvgIpc) is 2.39. The van der Waals surface area contributed by atoms with Crippen molar-refractivity contribution in [1.29, 1.82) is 0 Å². The van der Waals surface area contributed by atoms with Gasteiger partial charge in [-0.25, -0.2) is 9.59 Å². The number of carbonyl (C=O) groups is 2. The highest BCUT2D eigenvalue weighted by Crippen LogP contribution is 2.26. The number of carbonyl (C=O) groups excluding carboxylic acids is 1. The van der Waals surface area contributed by atoms with Gasteiger partial charge in [-0.05, 0) is 31.9 Å². The van der Waals surface area contributed by atoms with E-state index in [1.807, 2.05) is 11.8 Å². The van der Waals surface area contributed by atoms with Gasteiger partial charge < -0.3 is 20.8 Å². The van der Waals surface area contributed by atoms with E-state index in [0.717, 1.165) is 25.7 Å². The largest absolute Gasteiger partial charge is 0.480 e. The van der Waals surface area contributed by atoms with Crippen molar-refractivity contribution in [3.63, 3.8) is 0 Å². The molecule has 0 aromatic heterocycles. The lowest BCUT2D eigenvalue weighted by Crippen LogP contribution is -2.50. The summed E-state index contributed by atoms with van der Waals surface area (Å²) in [5, 5.41) is 23.5. The first-order valence-corrected chi connectivity index (χ1v) is 7.79. The normalized spacial score (nSPS) is 24.5. The Balaban J connectivity index is 2.32. The van der Waals surface area contributed by atoms with Crippen LogP contribution in [0.1, 0.15) is 32.1 Å². The van der Waals surface area contributed by atoms with E-state index in [0.29, 0.717) is 5.25 Å². The number of aliphatic carboxylic acids is 1. The number of carboxylic acids is 1.